The van der Waals surface area contributed by atoms with Gasteiger partial charge in [-0.15, -0.1) is 0 Å². The SMILES string of the molecule is [CH2]C(N)C(=O)OCC=C. The Hall–Kier alpha value is -0.830. The van der Waals surface area contributed by atoms with Crippen molar-refractivity contribution in [3.63, 3.8) is 0 Å². The van der Waals surface area contributed by atoms with Crippen molar-refractivity contribution in [2.75, 3.05) is 6.61 Å². The predicted molar refractivity (Wildman–Crippen MR) is 34.5 cm³/mol. The van der Waals surface area contributed by atoms with Gasteiger partial charge in [0.2, 0.25) is 0 Å². The quantitative estimate of drug-likeness (QED) is 0.425. The summed E-state index contributed by atoms with van der Waals surface area (Å²) in [6.45, 7) is 6.81. The number of ether oxygens (including phenoxy) is 1. The Bertz CT molecular complexity index is 110. The average Bonchev–Trinajstić information content (AvgIpc) is 1.82. The molecule has 1 atom stereocenters. The van der Waals surface area contributed by atoms with Crippen molar-refractivity contribution >= 4 is 5.97 Å². The lowest BCUT2D eigenvalue weighted by atomic mass is 10.4. The summed E-state index contributed by atoms with van der Waals surface area (Å²) in [5, 5.41) is 0. The van der Waals surface area contributed by atoms with Crippen LogP contribution < -0.4 is 5.73 Å². The molecule has 2 N–H and O–H groups in total. The standard InChI is InChI=1S/C6H10NO2/c1-3-4-9-6(8)5(2)7/h3,5H,1-2,4,7H2. The lowest BCUT2D eigenvalue weighted by molar-refractivity contribution is -0.142. The molecule has 0 aliphatic carbocycles. The zero-order chi connectivity index (χ0) is 7.28. The van der Waals surface area contributed by atoms with Gasteiger partial charge in [0.15, 0.2) is 0 Å². The zero-order valence-electron chi connectivity index (χ0n) is 5.17. The molecule has 0 saturated carbocycles. The molecule has 3 nitrogen and oxygen atoms in total. The van der Waals surface area contributed by atoms with Crippen LogP contribution in [0.15, 0.2) is 12.7 Å². The van der Waals surface area contributed by atoms with E-state index in [1.54, 1.807) is 0 Å². The molecule has 0 fully saturated rings. The van der Waals surface area contributed by atoms with Crippen molar-refractivity contribution in [2.45, 2.75) is 6.04 Å². The monoisotopic (exact) mass is 128 g/mol. The molecule has 0 aromatic carbocycles. The van der Waals surface area contributed by atoms with E-state index < -0.39 is 12.0 Å². The van der Waals surface area contributed by atoms with Crippen LogP contribution in [0, 0.1) is 6.92 Å². The van der Waals surface area contributed by atoms with E-state index in [0.29, 0.717) is 0 Å². The number of rotatable bonds is 3. The van der Waals surface area contributed by atoms with Crippen LogP contribution in [0.3, 0.4) is 0 Å². The van der Waals surface area contributed by atoms with E-state index in [9.17, 15) is 4.79 Å². The zero-order valence-corrected chi connectivity index (χ0v) is 5.17. The first-order valence-electron chi connectivity index (χ1n) is 2.54. The third-order valence-corrected chi connectivity index (χ3v) is 0.646. The minimum absolute atomic E-state index is 0.196. The van der Waals surface area contributed by atoms with Crippen LogP contribution in [0.2, 0.25) is 0 Å². The topological polar surface area (TPSA) is 52.3 Å². The van der Waals surface area contributed by atoms with Crippen molar-refractivity contribution in [3.8, 4) is 0 Å². The Morgan fingerprint density at radius 2 is 2.44 bits per heavy atom. The fourth-order valence-corrected chi connectivity index (χ4v) is 0.248. The van der Waals surface area contributed by atoms with Gasteiger partial charge in [0.1, 0.15) is 12.6 Å². The number of carbonyl (C=O) groups is 1. The summed E-state index contributed by atoms with van der Waals surface area (Å²) >= 11 is 0. The molecule has 0 bridgehead atoms. The van der Waals surface area contributed by atoms with Gasteiger partial charge < -0.3 is 10.5 Å². The van der Waals surface area contributed by atoms with Gasteiger partial charge in [-0.2, -0.15) is 0 Å². The molecular formula is C6H10NO2. The summed E-state index contributed by atoms with van der Waals surface area (Å²) in [5.41, 5.74) is 5.06. The van der Waals surface area contributed by atoms with Crippen LogP contribution in [0.5, 0.6) is 0 Å². The molecule has 0 saturated heterocycles. The van der Waals surface area contributed by atoms with Gasteiger partial charge in [-0.25, -0.2) is 0 Å². The van der Waals surface area contributed by atoms with E-state index in [0.717, 1.165) is 0 Å². The molecule has 0 heterocycles. The molecule has 3 heteroatoms. The van der Waals surface area contributed by atoms with Crippen molar-refractivity contribution in [1.82, 2.24) is 0 Å². The molecule has 0 amide bonds. The van der Waals surface area contributed by atoms with E-state index in [-0.39, 0.29) is 6.61 Å². The van der Waals surface area contributed by atoms with Crippen LogP contribution in [0.4, 0.5) is 0 Å². The minimum Gasteiger partial charge on any atom is -0.460 e. The summed E-state index contributed by atoms with van der Waals surface area (Å²) in [6.07, 6.45) is 1.47. The van der Waals surface area contributed by atoms with Crippen molar-refractivity contribution < 1.29 is 9.53 Å². The molecule has 9 heavy (non-hydrogen) atoms. The maximum absolute atomic E-state index is 10.4. The molecule has 0 aliphatic rings. The Morgan fingerprint density at radius 1 is 1.89 bits per heavy atom. The van der Waals surface area contributed by atoms with Gasteiger partial charge in [0, 0.05) is 0 Å². The van der Waals surface area contributed by atoms with Gasteiger partial charge in [-0.1, -0.05) is 12.7 Å². The van der Waals surface area contributed by atoms with Crippen molar-refractivity contribution in [3.05, 3.63) is 19.6 Å². The van der Waals surface area contributed by atoms with Gasteiger partial charge in [0.05, 0.1) is 0 Å². The highest BCUT2D eigenvalue weighted by molar-refractivity contribution is 5.76. The maximum Gasteiger partial charge on any atom is 0.323 e. The molecule has 0 aromatic heterocycles. The van der Waals surface area contributed by atoms with Crippen LogP contribution in [0.1, 0.15) is 0 Å². The second-order valence-corrected chi connectivity index (χ2v) is 1.53. The first-order chi connectivity index (χ1) is 4.18. The Kier molecular flexibility index (Phi) is 3.71. The molecular weight excluding hydrogens is 118 g/mol. The van der Waals surface area contributed by atoms with Crippen LogP contribution >= 0.6 is 0 Å². The molecule has 1 unspecified atom stereocenters. The van der Waals surface area contributed by atoms with E-state index in [1.165, 1.54) is 6.08 Å². The van der Waals surface area contributed by atoms with Crippen LogP contribution in [-0.4, -0.2) is 18.6 Å². The highest BCUT2D eigenvalue weighted by Crippen LogP contribution is 1.82. The van der Waals surface area contributed by atoms with Crippen LogP contribution in [0.25, 0.3) is 0 Å². The number of nitrogens with two attached hydrogens (primary N) is 1. The van der Waals surface area contributed by atoms with E-state index in [2.05, 4.69) is 18.2 Å². The summed E-state index contributed by atoms with van der Waals surface area (Å²) in [6, 6.07) is -0.787. The summed E-state index contributed by atoms with van der Waals surface area (Å²) in [7, 11) is 0. The first-order valence-corrected chi connectivity index (χ1v) is 2.54. The third kappa shape index (κ3) is 3.73. The number of carbonyl (C=O) groups excluding carboxylic acids is 1. The van der Waals surface area contributed by atoms with E-state index in [4.69, 9.17) is 5.73 Å². The Morgan fingerprint density at radius 3 is 2.78 bits per heavy atom. The lowest BCUT2D eigenvalue weighted by Gasteiger charge is -2.02. The predicted octanol–water partition coefficient (Wildman–Crippen LogP) is -0.123. The summed E-state index contributed by atoms with van der Waals surface area (Å²) in [4.78, 5) is 10.4. The van der Waals surface area contributed by atoms with E-state index >= 15 is 0 Å². The van der Waals surface area contributed by atoms with Crippen LogP contribution in [-0.2, 0) is 9.53 Å². The molecule has 0 aromatic rings. The molecule has 0 aliphatic heterocycles. The number of hydrogen-bond acceptors (Lipinski definition) is 3. The van der Waals surface area contributed by atoms with Gasteiger partial charge >= 0.3 is 5.97 Å². The molecule has 51 valence electrons. The van der Waals surface area contributed by atoms with Gasteiger partial charge in [0.25, 0.3) is 0 Å². The number of esters is 1. The first kappa shape index (κ1) is 8.17. The van der Waals surface area contributed by atoms with Gasteiger partial charge in [-0.05, 0) is 6.92 Å². The summed E-state index contributed by atoms with van der Waals surface area (Å²) < 4.78 is 4.51. The fraction of sp³-hybridized carbons (Fsp3) is 0.333. The van der Waals surface area contributed by atoms with Crippen molar-refractivity contribution in [2.24, 2.45) is 5.73 Å². The molecule has 0 spiro atoms. The van der Waals surface area contributed by atoms with Gasteiger partial charge in [-0.3, -0.25) is 4.79 Å². The fourth-order valence-electron chi connectivity index (χ4n) is 0.248. The normalized spacial score (nSPS) is 12.2. The Labute approximate surface area is 54.5 Å². The summed E-state index contributed by atoms with van der Waals surface area (Å²) in [5.74, 6) is -0.505. The number of hydrogen-bond donors (Lipinski definition) is 1. The highest BCUT2D eigenvalue weighted by Gasteiger charge is 2.06. The molecule has 0 rings (SSSR count). The second kappa shape index (κ2) is 4.09. The minimum atomic E-state index is -0.787. The highest BCUT2D eigenvalue weighted by atomic mass is 16.5. The Balaban J connectivity index is 3.38. The maximum atomic E-state index is 10.4. The molecule has 1 radical (unpaired) electrons. The third-order valence-electron chi connectivity index (χ3n) is 0.646. The smallest absolute Gasteiger partial charge is 0.323 e. The van der Waals surface area contributed by atoms with Crippen molar-refractivity contribution in [1.29, 1.82) is 0 Å². The largest absolute Gasteiger partial charge is 0.460 e. The average molecular weight is 128 g/mol. The second-order valence-electron chi connectivity index (χ2n) is 1.53. The lowest BCUT2D eigenvalue weighted by Crippen LogP contribution is -2.28. The van der Waals surface area contributed by atoms with E-state index in [1.807, 2.05) is 0 Å².